The molecular formula is C13H20O. The number of phenolic OH excluding ortho intramolecular Hbond substituents is 1. The molecule has 1 rings (SSSR count). The van der Waals surface area contributed by atoms with E-state index >= 15 is 0 Å². The second kappa shape index (κ2) is 3.64. The summed E-state index contributed by atoms with van der Waals surface area (Å²) in [6.45, 7) is 10.6. The van der Waals surface area contributed by atoms with Gasteiger partial charge >= 0.3 is 0 Å². The van der Waals surface area contributed by atoms with E-state index in [2.05, 4.69) is 40.7 Å². The van der Waals surface area contributed by atoms with E-state index < -0.39 is 0 Å². The highest BCUT2D eigenvalue weighted by molar-refractivity contribution is 5.40. The average molecular weight is 192 g/mol. The molecule has 1 aromatic carbocycles. The number of phenols is 1. The highest BCUT2D eigenvalue weighted by atomic mass is 16.3. The third-order valence-electron chi connectivity index (χ3n) is 2.52. The third-order valence-corrected chi connectivity index (χ3v) is 2.52. The fourth-order valence-electron chi connectivity index (χ4n) is 1.50. The standard InChI is InChI=1S/C13H20O/c1-9(2)11-7-6-10(8-12(11)14)13(3,4)5/h6-9,14H,1-5H3. The molecule has 0 saturated heterocycles. The van der Waals surface area contributed by atoms with Crippen LogP contribution in [-0.2, 0) is 5.41 Å². The van der Waals surface area contributed by atoms with E-state index in [1.54, 1.807) is 0 Å². The van der Waals surface area contributed by atoms with Crippen LogP contribution in [0.15, 0.2) is 18.2 Å². The van der Waals surface area contributed by atoms with Crippen LogP contribution in [-0.4, -0.2) is 5.11 Å². The first-order valence-corrected chi connectivity index (χ1v) is 5.16. The van der Waals surface area contributed by atoms with Crippen LogP contribution >= 0.6 is 0 Å². The minimum atomic E-state index is 0.104. The second-order valence-corrected chi connectivity index (χ2v) is 5.18. The maximum atomic E-state index is 9.83. The molecule has 0 amide bonds. The van der Waals surface area contributed by atoms with Gasteiger partial charge in [-0.25, -0.2) is 0 Å². The van der Waals surface area contributed by atoms with Crippen molar-refractivity contribution in [3.63, 3.8) is 0 Å². The molecule has 0 aliphatic heterocycles. The lowest BCUT2D eigenvalue weighted by Gasteiger charge is -2.20. The predicted octanol–water partition coefficient (Wildman–Crippen LogP) is 3.81. The van der Waals surface area contributed by atoms with Crippen LogP contribution in [0.1, 0.15) is 51.7 Å². The van der Waals surface area contributed by atoms with Gasteiger partial charge in [0, 0.05) is 0 Å². The molecule has 0 atom stereocenters. The van der Waals surface area contributed by atoms with Crippen LogP contribution < -0.4 is 0 Å². The molecule has 0 bridgehead atoms. The summed E-state index contributed by atoms with van der Waals surface area (Å²) in [5.74, 6) is 0.802. The highest BCUT2D eigenvalue weighted by Crippen LogP contribution is 2.31. The normalized spacial score (nSPS) is 12.1. The van der Waals surface area contributed by atoms with Crippen molar-refractivity contribution in [2.45, 2.75) is 46.0 Å². The van der Waals surface area contributed by atoms with Gasteiger partial charge in [0.2, 0.25) is 0 Å². The Balaban J connectivity index is 3.13. The van der Waals surface area contributed by atoms with Crippen molar-refractivity contribution in [3.8, 4) is 5.75 Å². The SMILES string of the molecule is CC(C)c1ccc(C(C)(C)C)cc1O. The molecule has 0 aliphatic carbocycles. The minimum Gasteiger partial charge on any atom is -0.508 e. The molecule has 0 spiro atoms. The van der Waals surface area contributed by atoms with Crippen molar-refractivity contribution in [1.82, 2.24) is 0 Å². The lowest BCUT2D eigenvalue weighted by atomic mass is 9.85. The maximum absolute atomic E-state index is 9.83. The Morgan fingerprint density at radius 2 is 1.71 bits per heavy atom. The largest absolute Gasteiger partial charge is 0.508 e. The van der Waals surface area contributed by atoms with Gasteiger partial charge in [-0.1, -0.05) is 46.8 Å². The van der Waals surface area contributed by atoms with Gasteiger partial charge in [-0.2, -0.15) is 0 Å². The summed E-state index contributed by atoms with van der Waals surface area (Å²) in [7, 11) is 0. The van der Waals surface area contributed by atoms with Gasteiger partial charge < -0.3 is 5.11 Å². The lowest BCUT2D eigenvalue weighted by Crippen LogP contribution is -2.10. The molecule has 0 unspecified atom stereocenters. The zero-order valence-electron chi connectivity index (χ0n) is 9.76. The Morgan fingerprint density at radius 1 is 1.14 bits per heavy atom. The van der Waals surface area contributed by atoms with Gasteiger partial charge in [0.15, 0.2) is 0 Å². The van der Waals surface area contributed by atoms with Crippen molar-refractivity contribution in [1.29, 1.82) is 0 Å². The quantitative estimate of drug-likeness (QED) is 0.717. The van der Waals surface area contributed by atoms with E-state index in [0.29, 0.717) is 11.7 Å². The van der Waals surface area contributed by atoms with Crippen molar-refractivity contribution in [3.05, 3.63) is 29.3 Å². The van der Waals surface area contributed by atoms with E-state index in [-0.39, 0.29) is 5.41 Å². The second-order valence-electron chi connectivity index (χ2n) is 5.18. The van der Waals surface area contributed by atoms with Crippen molar-refractivity contribution in [2.24, 2.45) is 0 Å². The topological polar surface area (TPSA) is 20.2 Å². The molecule has 1 nitrogen and oxygen atoms in total. The molecule has 0 aliphatic rings. The molecule has 0 saturated carbocycles. The number of rotatable bonds is 1. The van der Waals surface area contributed by atoms with E-state index in [4.69, 9.17) is 0 Å². The summed E-state index contributed by atoms with van der Waals surface area (Å²) in [4.78, 5) is 0. The van der Waals surface area contributed by atoms with Crippen LogP contribution in [0, 0.1) is 0 Å². The Hall–Kier alpha value is -0.980. The van der Waals surface area contributed by atoms with Gasteiger partial charge in [-0.15, -0.1) is 0 Å². The highest BCUT2D eigenvalue weighted by Gasteiger charge is 2.15. The zero-order chi connectivity index (χ0) is 10.9. The van der Waals surface area contributed by atoms with Crippen molar-refractivity contribution < 1.29 is 5.11 Å². The van der Waals surface area contributed by atoms with Crippen LogP contribution in [0.4, 0.5) is 0 Å². The minimum absolute atomic E-state index is 0.104. The molecule has 1 N–H and O–H groups in total. The Kier molecular flexibility index (Phi) is 2.89. The van der Waals surface area contributed by atoms with Gasteiger partial charge in [-0.3, -0.25) is 0 Å². The van der Waals surface area contributed by atoms with E-state index in [1.165, 1.54) is 5.56 Å². The molecule has 14 heavy (non-hydrogen) atoms. The molecule has 1 aromatic rings. The summed E-state index contributed by atoms with van der Waals surface area (Å²) in [5.41, 5.74) is 2.31. The van der Waals surface area contributed by atoms with Gasteiger partial charge in [0.1, 0.15) is 5.75 Å². The number of aromatic hydroxyl groups is 1. The van der Waals surface area contributed by atoms with Crippen LogP contribution in [0.3, 0.4) is 0 Å². The molecule has 0 fully saturated rings. The lowest BCUT2D eigenvalue weighted by molar-refractivity contribution is 0.460. The summed E-state index contributed by atoms with van der Waals surface area (Å²) < 4.78 is 0. The van der Waals surface area contributed by atoms with Gasteiger partial charge in [0.25, 0.3) is 0 Å². The van der Waals surface area contributed by atoms with Crippen molar-refractivity contribution in [2.75, 3.05) is 0 Å². The third kappa shape index (κ3) is 2.28. The number of hydrogen-bond donors (Lipinski definition) is 1. The fraction of sp³-hybridized carbons (Fsp3) is 0.538. The van der Waals surface area contributed by atoms with Crippen LogP contribution in [0.25, 0.3) is 0 Å². The van der Waals surface area contributed by atoms with E-state index in [0.717, 1.165) is 5.56 Å². The summed E-state index contributed by atoms with van der Waals surface area (Å²) in [6, 6.07) is 6.02. The first kappa shape index (κ1) is 11.1. The van der Waals surface area contributed by atoms with Gasteiger partial charge in [-0.05, 0) is 28.5 Å². The Bertz CT molecular complexity index is 318. The summed E-state index contributed by atoms with van der Waals surface area (Å²) in [6.07, 6.45) is 0. The van der Waals surface area contributed by atoms with Gasteiger partial charge in [0.05, 0.1) is 0 Å². The summed E-state index contributed by atoms with van der Waals surface area (Å²) >= 11 is 0. The maximum Gasteiger partial charge on any atom is 0.119 e. The Labute approximate surface area is 86.8 Å². The summed E-state index contributed by atoms with van der Waals surface area (Å²) in [5, 5.41) is 9.83. The Morgan fingerprint density at radius 3 is 2.07 bits per heavy atom. The average Bonchev–Trinajstić information content (AvgIpc) is 2.01. The van der Waals surface area contributed by atoms with Crippen LogP contribution in [0.5, 0.6) is 5.75 Å². The molecular weight excluding hydrogens is 172 g/mol. The molecule has 1 heteroatoms. The zero-order valence-corrected chi connectivity index (χ0v) is 9.76. The number of benzene rings is 1. The van der Waals surface area contributed by atoms with E-state index in [9.17, 15) is 5.11 Å². The van der Waals surface area contributed by atoms with Crippen LogP contribution in [0.2, 0.25) is 0 Å². The fourth-order valence-corrected chi connectivity index (χ4v) is 1.50. The van der Waals surface area contributed by atoms with Crippen molar-refractivity contribution >= 4 is 0 Å². The first-order chi connectivity index (χ1) is 6.32. The molecule has 78 valence electrons. The number of hydrogen-bond acceptors (Lipinski definition) is 1. The first-order valence-electron chi connectivity index (χ1n) is 5.16. The smallest absolute Gasteiger partial charge is 0.119 e. The molecule has 0 radical (unpaired) electrons. The molecule has 0 heterocycles. The van der Waals surface area contributed by atoms with E-state index in [1.807, 2.05) is 12.1 Å². The monoisotopic (exact) mass is 192 g/mol. The predicted molar refractivity (Wildman–Crippen MR) is 60.9 cm³/mol. The molecule has 0 aromatic heterocycles.